The summed E-state index contributed by atoms with van der Waals surface area (Å²) in [6, 6.07) is 18.3. The maximum absolute atomic E-state index is 12.5. The number of sulfonamides is 1. The van der Waals surface area contributed by atoms with Gasteiger partial charge in [-0.2, -0.15) is 0 Å². The smallest absolute Gasteiger partial charge is 0.261 e. The highest BCUT2D eigenvalue weighted by Crippen LogP contribution is 2.17. The molecule has 9 heteroatoms. The third-order valence-corrected chi connectivity index (χ3v) is 6.45. The van der Waals surface area contributed by atoms with Gasteiger partial charge >= 0.3 is 0 Å². The minimum absolute atomic E-state index is 0.0854. The van der Waals surface area contributed by atoms with Crippen LogP contribution in [0.4, 0.5) is 11.5 Å². The number of ether oxygens (including phenoxy) is 1. The third kappa shape index (κ3) is 5.43. The van der Waals surface area contributed by atoms with Crippen molar-refractivity contribution in [2.24, 2.45) is 0 Å². The Morgan fingerprint density at radius 2 is 1.72 bits per heavy atom. The maximum atomic E-state index is 12.5. The fourth-order valence-electron chi connectivity index (χ4n) is 3.33. The Bertz CT molecular complexity index is 1160. The zero-order valence-corrected chi connectivity index (χ0v) is 18.2. The van der Waals surface area contributed by atoms with E-state index in [1.807, 2.05) is 12.1 Å². The van der Waals surface area contributed by atoms with Crippen LogP contribution >= 0.6 is 0 Å². The van der Waals surface area contributed by atoms with Crippen molar-refractivity contribution >= 4 is 27.4 Å². The molecule has 0 atom stereocenters. The maximum Gasteiger partial charge on any atom is 0.261 e. The van der Waals surface area contributed by atoms with Crippen LogP contribution in [0, 0.1) is 0 Å². The quantitative estimate of drug-likeness (QED) is 0.572. The zero-order valence-electron chi connectivity index (χ0n) is 17.4. The highest BCUT2D eigenvalue weighted by Gasteiger charge is 2.16. The summed E-state index contributed by atoms with van der Waals surface area (Å²) in [5.74, 6) is 0.579. The first-order valence-electron chi connectivity index (χ1n) is 10.2. The predicted molar refractivity (Wildman–Crippen MR) is 122 cm³/mol. The lowest BCUT2D eigenvalue weighted by Crippen LogP contribution is -2.36. The lowest BCUT2D eigenvalue weighted by Gasteiger charge is -2.28. The Morgan fingerprint density at radius 3 is 2.44 bits per heavy atom. The standard InChI is InChI=1S/C23H24N4O4S/c28-23(25-17-18-10-11-24-22(16-18)27-12-14-31-15-13-27)19-6-8-21(9-7-19)32(29,30)26-20-4-2-1-3-5-20/h1-11,16,26H,12-15,17H2,(H,25,28). The molecule has 2 aromatic carbocycles. The van der Waals surface area contributed by atoms with Gasteiger partial charge in [0.15, 0.2) is 0 Å². The molecule has 0 bridgehead atoms. The lowest BCUT2D eigenvalue weighted by atomic mass is 10.2. The van der Waals surface area contributed by atoms with Gasteiger partial charge in [-0.1, -0.05) is 18.2 Å². The first-order valence-corrected chi connectivity index (χ1v) is 11.7. The average Bonchev–Trinajstić information content (AvgIpc) is 2.84. The summed E-state index contributed by atoms with van der Waals surface area (Å²) in [5, 5.41) is 2.87. The van der Waals surface area contributed by atoms with Crippen LogP contribution in [0.1, 0.15) is 15.9 Å². The molecule has 1 aliphatic rings. The van der Waals surface area contributed by atoms with Crippen molar-refractivity contribution in [1.82, 2.24) is 10.3 Å². The molecule has 0 spiro atoms. The minimum Gasteiger partial charge on any atom is -0.378 e. The molecule has 3 aromatic rings. The van der Waals surface area contributed by atoms with Gasteiger partial charge in [-0.15, -0.1) is 0 Å². The molecule has 0 radical (unpaired) electrons. The van der Waals surface area contributed by atoms with Gasteiger partial charge in [0.05, 0.1) is 18.1 Å². The van der Waals surface area contributed by atoms with Gasteiger partial charge in [-0.05, 0) is 54.1 Å². The van der Waals surface area contributed by atoms with Crippen molar-refractivity contribution in [1.29, 1.82) is 0 Å². The van der Waals surface area contributed by atoms with Crippen molar-refractivity contribution in [3.63, 3.8) is 0 Å². The van der Waals surface area contributed by atoms with E-state index in [0.717, 1.165) is 24.5 Å². The molecular formula is C23H24N4O4S. The molecular weight excluding hydrogens is 428 g/mol. The highest BCUT2D eigenvalue weighted by molar-refractivity contribution is 7.92. The second-order valence-electron chi connectivity index (χ2n) is 7.30. The van der Waals surface area contributed by atoms with Crippen LogP contribution in [-0.2, 0) is 21.3 Å². The fraction of sp³-hybridized carbons (Fsp3) is 0.217. The summed E-state index contributed by atoms with van der Waals surface area (Å²) in [5.41, 5.74) is 1.79. The van der Waals surface area contributed by atoms with Gasteiger partial charge < -0.3 is 15.0 Å². The van der Waals surface area contributed by atoms with Crippen LogP contribution in [0.3, 0.4) is 0 Å². The topological polar surface area (TPSA) is 101 Å². The van der Waals surface area contributed by atoms with E-state index < -0.39 is 10.0 Å². The number of anilines is 2. The summed E-state index contributed by atoms with van der Waals surface area (Å²) in [6.45, 7) is 3.27. The van der Waals surface area contributed by atoms with Gasteiger partial charge in [0.1, 0.15) is 5.82 Å². The van der Waals surface area contributed by atoms with Crippen molar-refractivity contribution in [2.45, 2.75) is 11.4 Å². The number of nitrogens with zero attached hydrogens (tertiary/aromatic N) is 2. The van der Waals surface area contributed by atoms with Gasteiger partial charge in [-0.25, -0.2) is 13.4 Å². The first-order chi connectivity index (χ1) is 15.5. The number of hydrogen-bond acceptors (Lipinski definition) is 6. The number of para-hydroxylation sites is 1. The Kier molecular flexibility index (Phi) is 6.67. The molecule has 1 amide bonds. The lowest BCUT2D eigenvalue weighted by molar-refractivity contribution is 0.0951. The summed E-state index contributed by atoms with van der Waals surface area (Å²) in [6.07, 6.45) is 1.73. The van der Waals surface area contributed by atoms with Crippen LogP contribution in [0.25, 0.3) is 0 Å². The fourth-order valence-corrected chi connectivity index (χ4v) is 4.38. The van der Waals surface area contributed by atoms with Crippen LogP contribution < -0.4 is 14.9 Å². The van der Waals surface area contributed by atoms with Crippen LogP contribution in [-0.4, -0.2) is 45.6 Å². The number of nitrogens with one attached hydrogen (secondary N) is 2. The van der Waals surface area contributed by atoms with E-state index in [-0.39, 0.29) is 10.8 Å². The zero-order chi connectivity index (χ0) is 22.4. The van der Waals surface area contributed by atoms with Crippen LogP contribution in [0.2, 0.25) is 0 Å². The van der Waals surface area contributed by atoms with E-state index in [1.165, 1.54) is 24.3 Å². The van der Waals surface area contributed by atoms with Gasteiger partial charge in [0, 0.05) is 37.1 Å². The summed E-state index contributed by atoms with van der Waals surface area (Å²) in [7, 11) is -3.73. The molecule has 166 valence electrons. The monoisotopic (exact) mass is 452 g/mol. The Hall–Kier alpha value is -3.43. The highest BCUT2D eigenvalue weighted by atomic mass is 32.2. The van der Waals surface area contributed by atoms with E-state index in [0.29, 0.717) is 31.0 Å². The van der Waals surface area contributed by atoms with E-state index in [1.54, 1.807) is 36.5 Å². The molecule has 1 fully saturated rings. The average molecular weight is 453 g/mol. The molecule has 0 unspecified atom stereocenters. The summed E-state index contributed by atoms with van der Waals surface area (Å²) < 4.78 is 32.9. The summed E-state index contributed by atoms with van der Waals surface area (Å²) >= 11 is 0. The Morgan fingerprint density at radius 1 is 1.00 bits per heavy atom. The number of morpholine rings is 1. The first kappa shape index (κ1) is 21.8. The van der Waals surface area contributed by atoms with Crippen LogP contribution in [0.5, 0.6) is 0 Å². The number of benzene rings is 2. The Labute approximate surface area is 187 Å². The second-order valence-corrected chi connectivity index (χ2v) is 8.98. The van der Waals surface area contributed by atoms with E-state index >= 15 is 0 Å². The van der Waals surface area contributed by atoms with Crippen molar-refractivity contribution in [2.75, 3.05) is 35.9 Å². The number of carbonyl (C=O) groups is 1. The third-order valence-electron chi connectivity index (χ3n) is 5.05. The molecule has 0 aliphatic carbocycles. The molecule has 1 saturated heterocycles. The molecule has 1 aromatic heterocycles. The minimum atomic E-state index is -3.73. The molecule has 1 aliphatic heterocycles. The molecule has 32 heavy (non-hydrogen) atoms. The number of rotatable bonds is 7. The predicted octanol–water partition coefficient (Wildman–Crippen LogP) is 2.65. The van der Waals surface area contributed by atoms with E-state index in [4.69, 9.17) is 4.74 Å². The van der Waals surface area contributed by atoms with E-state index in [2.05, 4.69) is 19.9 Å². The van der Waals surface area contributed by atoms with Crippen molar-refractivity contribution in [3.05, 3.63) is 84.1 Å². The molecule has 4 rings (SSSR count). The molecule has 0 saturated carbocycles. The van der Waals surface area contributed by atoms with E-state index in [9.17, 15) is 13.2 Å². The van der Waals surface area contributed by atoms with Gasteiger partial charge in [-0.3, -0.25) is 9.52 Å². The Balaban J connectivity index is 1.37. The number of aromatic nitrogens is 1. The van der Waals surface area contributed by atoms with Crippen LogP contribution in [0.15, 0.2) is 77.8 Å². The second kappa shape index (κ2) is 9.80. The SMILES string of the molecule is O=C(NCc1ccnc(N2CCOCC2)c1)c1ccc(S(=O)(=O)Nc2ccccc2)cc1. The normalized spacial score (nSPS) is 14.1. The number of pyridine rings is 1. The molecule has 8 nitrogen and oxygen atoms in total. The number of amides is 1. The largest absolute Gasteiger partial charge is 0.378 e. The van der Waals surface area contributed by atoms with Gasteiger partial charge in [0.25, 0.3) is 15.9 Å². The van der Waals surface area contributed by atoms with Crippen molar-refractivity contribution in [3.8, 4) is 0 Å². The van der Waals surface area contributed by atoms with Gasteiger partial charge in [0.2, 0.25) is 0 Å². The van der Waals surface area contributed by atoms with Crippen molar-refractivity contribution < 1.29 is 17.9 Å². The summed E-state index contributed by atoms with van der Waals surface area (Å²) in [4.78, 5) is 19.2. The molecule has 2 N–H and O–H groups in total. The number of hydrogen-bond donors (Lipinski definition) is 2. The number of carbonyl (C=O) groups excluding carboxylic acids is 1. The molecule has 2 heterocycles.